The monoisotopic (exact) mass is 205 g/mol. The van der Waals surface area contributed by atoms with Crippen LogP contribution in [0.25, 0.3) is 0 Å². The molecule has 0 aromatic carbocycles. The Morgan fingerprint density at radius 1 is 1.71 bits per heavy atom. The lowest BCUT2D eigenvalue weighted by Gasteiger charge is -1.97. The van der Waals surface area contributed by atoms with E-state index in [0.29, 0.717) is 0 Å². The average Bonchev–Trinajstić information content (AvgIpc) is 2.53. The summed E-state index contributed by atoms with van der Waals surface area (Å²) in [7, 11) is 0. The molecule has 1 heterocycles. The standard InChI is InChI=1S/C8H9F2NO3/c1-2-13-6(12)3-5-4-14-8(11-5)7(9)10/h4,7H,2-3H2,1H3. The smallest absolute Gasteiger partial charge is 0.313 e. The van der Waals surface area contributed by atoms with Crippen LogP contribution in [-0.4, -0.2) is 17.6 Å². The number of ether oxygens (including phenoxy) is 1. The molecule has 0 atom stereocenters. The van der Waals surface area contributed by atoms with E-state index in [1.54, 1.807) is 6.92 Å². The van der Waals surface area contributed by atoms with Gasteiger partial charge in [0.05, 0.1) is 18.7 Å². The fourth-order valence-electron chi connectivity index (χ4n) is 0.864. The average molecular weight is 205 g/mol. The van der Waals surface area contributed by atoms with Crippen LogP contribution in [0.1, 0.15) is 24.9 Å². The maximum Gasteiger partial charge on any atom is 0.313 e. The van der Waals surface area contributed by atoms with Gasteiger partial charge in [0.2, 0.25) is 0 Å². The molecule has 0 amide bonds. The molecular weight excluding hydrogens is 196 g/mol. The lowest BCUT2D eigenvalue weighted by Crippen LogP contribution is -2.07. The van der Waals surface area contributed by atoms with Gasteiger partial charge in [0, 0.05) is 0 Å². The Balaban J connectivity index is 2.55. The highest BCUT2D eigenvalue weighted by Gasteiger charge is 2.16. The topological polar surface area (TPSA) is 52.3 Å². The van der Waals surface area contributed by atoms with E-state index in [0.717, 1.165) is 6.26 Å². The second kappa shape index (κ2) is 4.69. The number of aromatic nitrogens is 1. The zero-order chi connectivity index (χ0) is 10.6. The summed E-state index contributed by atoms with van der Waals surface area (Å²) in [5.74, 6) is -1.19. The molecule has 0 spiro atoms. The van der Waals surface area contributed by atoms with Gasteiger partial charge in [-0.05, 0) is 6.92 Å². The van der Waals surface area contributed by atoms with E-state index in [-0.39, 0.29) is 18.7 Å². The Hall–Kier alpha value is -1.46. The van der Waals surface area contributed by atoms with Crippen LogP contribution in [-0.2, 0) is 16.0 Å². The van der Waals surface area contributed by atoms with Crippen molar-refractivity contribution in [1.82, 2.24) is 4.98 Å². The van der Waals surface area contributed by atoms with Crippen LogP contribution in [0.4, 0.5) is 8.78 Å². The number of rotatable bonds is 4. The minimum atomic E-state index is -2.76. The van der Waals surface area contributed by atoms with Gasteiger partial charge in [0.1, 0.15) is 6.26 Å². The summed E-state index contributed by atoms with van der Waals surface area (Å²) in [5.41, 5.74) is 0.152. The number of hydrogen-bond donors (Lipinski definition) is 0. The largest absolute Gasteiger partial charge is 0.466 e. The molecule has 6 heteroatoms. The molecule has 4 nitrogen and oxygen atoms in total. The SMILES string of the molecule is CCOC(=O)Cc1coc(C(F)F)n1. The van der Waals surface area contributed by atoms with E-state index < -0.39 is 18.3 Å². The molecule has 1 aromatic rings. The number of hydrogen-bond acceptors (Lipinski definition) is 4. The summed E-state index contributed by atoms with van der Waals surface area (Å²) >= 11 is 0. The normalized spacial score (nSPS) is 10.6. The third-order valence-electron chi connectivity index (χ3n) is 1.39. The van der Waals surface area contributed by atoms with Crippen molar-refractivity contribution in [2.24, 2.45) is 0 Å². The third-order valence-corrected chi connectivity index (χ3v) is 1.39. The van der Waals surface area contributed by atoms with E-state index in [4.69, 9.17) is 0 Å². The van der Waals surface area contributed by atoms with E-state index >= 15 is 0 Å². The Morgan fingerprint density at radius 2 is 2.43 bits per heavy atom. The van der Waals surface area contributed by atoms with E-state index in [2.05, 4.69) is 14.1 Å². The van der Waals surface area contributed by atoms with Gasteiger partial charge >= 0.3 is 12.4 Å². The second-order valence-electron chi connectivity index (χ2n) is 2.46. The number of esters is 1. The number of alkyl halides is 2. The van der Waals surface area contributed by atoms with Crippen molar-refractivity contribution >= 4 is 5.97 Å². The fraction of sp³-hybridized carbons (Fsp3) is 0.500. The maximum atomic E-state index is 12.0. The minimum absolute atomic E-state index is 0.149. The van der Waals surface area contributed by atoms with Gasteiger partial charge in [0.15, 0.2) is 0 Å². The second-order valence-corrected chi connectivity index (χ2v) is 2.46. The summed E-state index contributed by atoms with van der Waals surface area (Å²) in [5, 5.41) is 0. The van der Waals surface area contributed by atoms with E-state index in [1.807, 2.05) is 0 Å². The predicted octanol–water partition coefficient (Wildman–Crippen LogP) is 1.72. The molecule has 0 bridgehead atoms. The van der Waals surface area contributed by atoms with Crippen LogP contribution in [0, 0.1) is 0 Å². The highest BCUT2D eigenvalue weighted by molar-refractivity contribution is 5.71. The first kappa shape index (κ1) is 10.6. The Bertz CT molecular complexity index is 311. The molecule has 0 unspecified atom stereocenters. The van der Waals surface area contributed by atoms with Crippen molar-refractivity contribution < 1.29 is 22.7 Å². The summed E-state index contributed by atoms with van der Waals surface area (Å²) < 4.78 is 33.0. The zero-order valence-corrected chi connectivity index (χ0v) is 7.50. The Kier molecular flexibility index (Phi) is 3.55. The van der Waals surface area contributed by atoms with Crippen LogP contribution in [0.3, 0.4) is 0 Å². The first-order valence-corrected chi connectivity index (χ1v) is 4.01. The highest BCUT2D eigenvalue weighted by Crippen LogP contribution is 2.17. The molecule has 14 heavy (non-hydrogen) atoms. The van der Waals surface area contributed by atoms with E-state index in [1.165, 1.54) is 0 Å². The van der Waals surface area contributed by atoms with Gasteiger partial charge < -0.3 is 9.15 Å². The molecule has 0 aliphatic rings. The van der Waals surface area contributed by atoms with Crippen molar-refractivity contribution in [2.75, 3.05) is 6.61 Å². The fourth-order valence-corrected chi connectivity index (χ4v) is 0.864. The van der Waals surface area contributed by atoms with E-state index in [9.17, 15) is 13.6 Å². The maximum absolute atomic E-state index is 12.0. The van der Waals surface area contributed by atoms with Gasteiger partial charge in [-0.25, -0.2) is 4.98 Å². The molecule has 0 fully saturated rings. The molecule has 78 valence electrons. The molecule has 1 rings (SSSR count). The van der Waals surface area contributed by atoms with Gasteiger partial charge in [-0.1, -0.05) is 0 Å². The van der Waals surface area contributed by atoms with Crippen molar-refractivity contribution in [3.63, 3.8) is 0 Å². The van der Waals surface area contributed by atoms with Crippen molar-refractivity contribution in [3.8, 4) is 0 Å². The highest BCUT2D eigenvalue weighted by atomic mass is 19.3. The van der Waals surface area contributed by atoms with Gasteiger partial charge in [-0.15, -0.1) is 0 Å². The van der Waals surface area contributed by atoms with Gasteiger partial charge in [-0.3, -0.25) is 4.79 Å². The van der Waals surface area contributed by atoms with Crippen molar-refractivity contribution in [3.05, 3.63) is 17.8 Å². The third kappa shape index (κ3) is 2.79. The lowest BCUT2D eigenvalue weighted by atomic mass is 10.3. The number of carbonyl (C=O) groups excluding carboxylic acids is 1. The zero-order valence-electron chi connectivity index (χ0n) is 7.50. The van der Waals surface area contributed by atoms with Crippen molar-refractivity contribution in [2.45, 2.75) is 19.8 Å². The predicted molar refractivity (Wildman–Crippen MR) is 41.8 cm³/mol. The van der Waals surface area contributed by atoms with Crippen LogP contribution in [0.15, 0.2) is 10.7 Å². The summed E-state index contributed by atoms with van der Waals surface area (Å²) in [6.45, 7) is 1.91. The molecule has 0 aliphatic heterocycles. The lowest BCUT2D eigenvalue weighted by molar-refractivity contribution is -0.142. The van der Waals surface area contributed by atoms with Gasteiger partial charge in [-0.2, -0.15) is 8.78 Å². The summed E-state index contributed by atoms with van der Waals surface area (Å²) in [6, 6.07) is 0. The molecule has 1 aromatic heterocycles. The van der Waals surface area contributed by atoms with Crippen LogP contribution >= 0.6 is 0 Å². The molecular formula is C8H9F2NO3. The van der Waals surface area contributed by atoms with Crippen LogP contribution in [0.5, 0.6) is 0 Å². The van der Waals surface area contributed by atoms with Crippen LogP contribution < -0.4 is 0 Å². The first-order chi connectivity index (χ1) is 6.63. The minimum Gasteiger partial charge on any atom is -0.466 e. The van der Waals surface area contributed by atoms with Crippen LogP contribution in [0.2, 0.25) is 0 Å². The molecule has 0 N–H and O–H groups in total. The molecule has 0 aliphatic carbocycles. The van der Waals surface area contributed by atoms with Gasteiger partial charge in [0.25, 0.3) is 5.89 Å². The quantitative estimate of drug-likeness (QED) is 0.702. The number of oxazole rings is 1. The summed E-state index contributed by atoms with van der Waals surface area (Å²) in [6.07, 6.45) is -1.88. The molecule has 0 saturated carbocycles. The number of halogens is 2. The number of carbonyl (C=O) groups is 1. The first-order valence-electron chi connectivity index (χ1n) is 4.01. The Morgan fingerprint density at radius 3 is 2.93 bits per heavy atom. The Labute approximate surface area is 78.9 Å². The summed E-state index contributed by atoms with van der Waals surface area (Å²) in [4.78, 5) is 14.3. The molecule has 0 radical (unpaired) electrons. The molecule has 0 saturated heterocycles. The number of nitrogens with zero attached hydrogens (tertiary/aromatic N) is 1. The van der Waals surface area contributed by atoms with Crippen molar-refractivity contribution in [1.29, 1.82) is 0 Å².